The molecule has 0 unspecified atom stereocenters. The number of nitrogens with one attached hydrogen (secondary N) is 2. The Bertz CT molecular complexity index is 545. The Morgan fingerprint density at radius 1 is 1.58 bits per heavy atom. The van der Waals surface area contributed by atoms with E-state index in [0.717, 1.165) is 5.82 Å². The average Bonchev–Trinajstić information content (AvgIpc) is 2.98. The average molecular weight is 281 g/mol. The molecule has 0 saturated carbocycles. The molecule has 102 valence electrons. The zero-order valence-electron chi connectivity index (χ0n) is 11.0. The molecule has 2 heterocycles. The molecule has 0 spiro atoms. The number of amides is 1. The molecular formula is C13H17ClN4O. The number of hydrogen-bond acceptors (Lipinski definition) is 2. The van der Waals surface area contributed by atoms with Crippen LogP contribution in [0.4, 0.5) is 0 Å². The summed E-state index contributed by atoms with van der Waals surface area (Å²) in [5, 5.41) is 3.44. The second-order valence-electron chi connectivity index (χ2n) is 4.59. The first kappa shape index (κ1) is 13.7. The molecule has 0 aromatic carbocycles. The van der Waals surface area contributed by atoms with Gasteiger partial charge in [0.15, 0.2) is 0 Å². The summed E-state index contributed by atoms with van der Waals surface area (Å²) in [6, 6.07) is 1.88. The van der Waals surface area contributed by atoms with Crippen molar-refractivity contribution in [3.8, 4) is 0 Å². The molecule has 0 atom stereocenters. The predicted molar refractivity (Wildman–Crippen MR) is 74.5 cm³/mol. The molecule has 2 rings (SSSR count). The number of halogens is 1. The highest BCUT2D eigenvalue weighted by Gasteiger charge is 2.14. The van der Waals surface area contributed by atoms with Gasteiger partial charge in [-0.05, 0) is 19.9 Å². The maximum absolute atomic E-state index is 12.1. The van der Waals surface area contributed by atoms with Gasteiger partial charge in [0.25, 0.3) is 5.91 Å². The number of hydrogen-bond donors (Lipinski definition) is 2. The van der Waals surface area contributed by atoms with Gasteiger partial charge >= 0.3 is 0 Å². The van der Waals surface area contributed by atoms with E-state index in [4.69, 9.17) is 11.6 Å². The van der Waals surface area contributed by atoms with Crippen LogP contribution >= 0.6 is 11.6 Å². The Labute approximate surface area is 117 Å². The highest BCUT2D eigenvalue weighted by atomic mass is 35.5. The minimum absolute atomic E-state index is 0.118. The van der Waals surface area contributed by atoms with Crippen molar-refractivity contribution < 1.29 is 4.79 Å². The van der Waals surface area contributed by atoms with Crippen LogP contribution in [-0.2, 0) is 6.42 Å². The number of aromatic amines is 1. The van der Waals surface area contributed by atoms with Crippen LogP contribution in [0.5, 0.6) is 0 Å². The van der Waals surface area contributed by atoms with E-state index in [0.29, 0.717) is 23.7 Å². The van der Waals surface area contributed by atoms with E-state index in [2.05, 4.69) is 15.3 Å². The van der Waals surface area contributed by atoms with Crippen LogP contribution in [0.25, 0.3) is 0 Å². The third-order valence-corrected chi connectivity index (χ3v) is 3.01. The first-order chi connectivity index (χ1) is 9.08. The van der Waals surface area contributed by atoms with Gasteiger partial charge in [-0.3, -0.25) is 4.79 Å². The van der Waals surface area contributed by atoms with E-state index >= 15 is 0 Å². The lowest BCUT2D eigenvalue weighted by Gasteiger charge is -2.12. The third-order valence-electron chi connectivity index (χ3n) is 2.81. The summed E-state index contributed by atoms with van der Waals surface area (Å²) in [5.41, 5.74) is 0.583. The summed E-state index contributed by atoms with van der Waals surface area (Å²) in [7, 11) is 0. The van der Waals surface area contributed by atoms with Gasteiger partial charge in [-0.2, -0.15) is 0 Å². The van der Waals surface area contributed by atoms with E-state index in [1.165, 1.54) is 0 Å². The fourth-order valence-corrected chi connectivity index (χ4v) is 2.08. The summed E-state index contributed by atoms with van der Waals surface area (Å²) < 4.78 is 1.87. The quantitative estimate of drug-likeness (QED) is 0.883. The van der Waals surface area contributed by atoms with E-state index in [1.807, 2.05) is 18.4 Å². The van der Waals surface area contributed by atoms with Crippen molar-refractivity contribution in [3.63, 3.8) is 0 Å². The lowest BCUT2D eigenvalue weighted by Crippen LogP contribution is -2.28. The Hall–Kier alpha value is -1.75. The number of H-pyrrole nitrogens is 1. The second kappa shape index (κ2) is 5.93. The molecule has 0 bridgehead atoms. The molecule has 2 aromatic rings. The highest BCUT2D eigenvalue weighted by Crippen LogP contribution is 2.18. The van der Waals surface area contributed by atoms with Crippen molar-refractivity contribution in [2.75, 3.05) is 6.54 Å². The lowest BCUT2D eigenvalue weighted by molar-refractivity contribution is 0.0943. The fourth-order valence-electron chi connectivity index (χ4n) is 1.87. The topological polar surface area (TPSA) is 62.7 Å². The smallest absolute Gasteiger partial charge is 0.267 e. The number of carbonyl (C=O) groups excluding carboxylic acids is 1. The molecule has 0 aliphatic heterocycles. The van der Waals surface area contributed by atoms with Crippen molar-refractivity contribution in [2.45, 2.75) is 26.3 Å². The number of nitrogens with zero attached hydrogens (tertiary/aromatic N) is 2. The zero-order valence-corrected chi connectivity index (χ0v) is 11.7. The van der Waals surface area contributed by atoms with Crippen LogP contribution in [0.1, 0.15) is 36.2 Å². The Morgan fingerprint density at radius 2 is 2.37 bits per heavy atom. The molecule has 0 radical (unpaired) electrons. The summed E-state index contributed by atoms with van der Waals surface area (Å²) in [6.07, 6.45) is 5.91. The Balaban J connectivity index is 1.96. The second-order valence-corrected chi connectivity index (χ2v) is 5.02. The molecule has 0 aliphatic rings. The normalized spacial score (nSPS) is 10.9. The SMILES string of the molecule is CC(C)n1cc(Cl)cc1C(=O)NCCc1ncc[nH]1. The maximum atomic E-state index is 12.1. The molecule has 0 fully saturated rings. The fraction of sp³-hybridized carbons (Fsp3) is 0.385. The van der Waals surface area contributed by atoms with Crippen molar-refractivity contribution in [3.05, 3.63) is 41.2 Å². The molecule has 0 saturated heterocycles. The van der Waals surface area contributed by atoms with E-state index in [-0.39, 0.29) is 11.9 Å². The summed E-state index contributed by atoms with van der Waals surface area (Å²) >= 11 is 5.95. The summed E-state index contributed by atoms with van der Waals surface area (Å²) in [5.74, 6) is 0.740. The maximum Gasteiger partial charge on any atom is 0.267 e. The highest BCUT2D eigenvalue weighted by molar-refractivity contribution is 6.31. The van der Waals surface area contributed by atoms with Gasteiger partial charge in [-0.15, -0.1) is 0 Å². The van der Waals surface area contributed by atoms with Crippen LogP contribution < -0.4 is 5.32 Å². The Kier molecular flexibility index (Phi) is 4.27. The summed E-state index contributed by atoms with van der Waals surface area (Å²) in [4.78, 5) is 19.2. The first-order valence-electron chi connectivity index (χ1n) is 6.21. The van der Waals surface area contributed by atoms with Crippen molar-refractivity contribution >= 4 is 17.5 Å². The number of imidazole rings is 1. The van der Waals surface area contributed by atoms with Crippen molar-refractivity contribution in [2.24, 2.45) is 0 Å². The molecule has 2 N–H and O–H groups in total. The third kappa shape index (κ3) is 3.38. The van der Waals surface area contributed by atoms with Gasteiger partial charge in [0.2, 0.25) is 0 Å². The molecule has 2 aromatic heterocycles. The van der Waals surface area contributed by atoms with Crippen LogP contribution in [-0.4, -0.2) is 27.0 Å². The van der Waals surface area contributed by atoms with E-state index in [1.54, 1.807) is 24.7 Å². The van der Waals surface area contributed by atoms with Gasteiger partial charge in [0, 0.05) is 37.6 Å². The molecular weight excluding hydrogens is 264 g/mol. The first-order valence-corrected chi connectivity index (χ1v) is 6.59. The van der Waals surface area contributed by atoms with Gasteiger partial charge in [-0.1, -0.05) is 11.6 Å². The number of aromatic nitrogens is 3. The summed E-state index contributed by atoms with van der Waals surface area (Å²) in [6.45, 7) is 4.55. The Morgan fingerprint density at radius 3 is 3.00 bits per heavy atom. The van der Waals surface area contributed by atoms with Crippen LogP contribution in [0.3, 0.4) is 0 Å². The largest absolute Gasteiger partial charge is 0.350 e. The van der Waals surface area contributed by atoms with E-state index in [9.17, 15) is 4.79 Å². The van der Waals surface area contributed by atoms with Crippen LogP contribution in [0, 0.1) is 0 Å². The molecule has 1 amide bonds. The monoisotopic (exact) mass is 280 g/mol. The molecule has 19 heavy (non-hydrogen) atoms. The molecule has 5 nitrogen and oxygen atoms in total. The standard InChI is InChI=1S/C13H17ClN4O/c1-9(2)18-8-10(14)7-11(18)13(19)17-4-3-12-15-5-6-16-12/h5-9H,3-4H2,1-2H3,(H,15,16)(H,17,19). The van der Waals surface area contributed by atoms with Crippen molar-refractivity contribution in [1.82, 2.24) is 19.9 Å². The number of rotatable bonds is 5. The molecule has 6 heteroatoms. The minimum Gasteiger partial charge on any atom is -0.350 e. The van der Waals surface area contributed by atoms with Gasteiger partial charge in [0.05, 0.1) is 5.02 Å². The van der Waals surface area contributed by atoms with Gasteiger partial charge in [-0.25, -0.2) is 4.98 Å². The van der Waals surface area contributed by atoms with Crippen LogP contribution in [0.2, 0.25) is 5.02 Å². The molecule has 0 aliphatic carbocycles. The number of carbonyl (C=O) groups is 1. The van der Waals surface area contributed by atoms with Gasteiger partial charge < -0.3 is 14.9 Å². The van der Waals surface area contributed by atoms with E-state index < -0.39 is 0 Å². The zero-order chi connectivity index (χ0) is 13.8. The van der Waals surface area contributed by atoms with Crippen molar-refractivity contribution in [1.29, 1.82) is 0 Å². The van der Waals surface area contributed by atoms with Crippen LogP contribution in [0.15, 0.2) is 24.7 Å². The predicted octanol–water partition coefficient (Wildman–Crippen LogP) is 2.42. The lowest BCUT2D eigenvalue weighted by atomic mass is 10.3. The minimum atomic E-state index is -0.118. The van der Waals surface area contributed by atoms with Gasteiger partial charge in [0.1, 0.15) is 11.5 Å².